The van der Waals surface area contributed by atoms with Crippen LogP contribution in [0.3, 0.4) is 0 Å². The number of aryl methyl sites for hydroxylation is 1. The van der Waals surface area contributed by atoms with E-state index >= 15 is 0 Å². The van der Waals surface area contributed by atoms with E-state index in [0.717, 1.165) is 18.7 Å². The first-order valence-electron chi connectivity index (χ1n) is 12.0. The van der Waals surface area contributed by atoms with Crippen molar-refractivity contribution in [1.29, 1.82) is 0 Å². The van der Waals surface area contributed by atoms with Gasteiger partial charge in [0.2, 0.25) is 5.91 Å². The first-order valence-corrected chi connectivity index (χ1v) is 12.0. The third kappa shape index (κ3) is 4.29. The number of amides is 2. The third-order valence-corrected chi connectivity index (χ3v) is 7.28. The lowest BCUT2D eigenvalue weighted by Gasteiger charge is -2.42. The first-order chi connectivity index (χ1) is 17.9. The van der Waals surface area contributed by atoms with Crippen LogP contribution in [-0.2, 0) is 24.6 Å². The molecule has 1 aliphatic carbocycles. The molecule has 3 aromatic heterocycles. The first kappa shape index (κ1) is 25.4. The van der Waals surface area contributed by atoms with Crippen LogP contribution in [0.4, 0.5) is 19.0 Å². The van der Waals surface area contributed by atoms with E-state index in [0.29, 0.717) is 40.5 Å². The Labute approximate surface area is 216 Å². The van der Waals surface area contributed by atoms with Crippen LogP contribution in [0.2, 0.25) is 0 Å². The molecular weight excluding hydrogens is 499 g/mol. The number of fused-ring (bicyclic) bond motifs is 3. The van der Waals surface area contributed by atoms with Crippen LogP contribution in [0.15, 0.2) is 42.7 Å². The molecule has 198 valence electrons. The van der Waals surface area contributed by atoms with Gasteiger partial charge in [-0.1, -0.05) is 13.3 Å². The molecule has 1 aromatic carbocycles. The van der Waals surface area contributed by atoms with Gasteiger partial charge in [0.05, 0.1) is 40.4 Å². The highest BCUT2D eigenvalue weighted by atomic mass is 19.4. The number of nitrogen functional groups attached to an aromatic ring is 1. The number of rotatable bonds is 4. The van der Waals surface area contributed by atoms with Gasteiger partial charge >= 0.3 is 6.18 Å². The van der Waals surface area contributed by atoms with Crippen LogP contribution >= 0.6 is 0 Å². The van der Waals surface area contributed by atoms with Crippen molar-refractivity contribution in [3.05, 3.63) is 59.5 Å². The van der Waals surface area contributed by atoms with Gasteiger partial charge in [-0.3, -0.25) is 24.3 Å². The van der Waals surface area contributed by atoms with Gasteiger partial charge in [0.15, 0.2) is 0 Å². The fourth-order valence-electron chi connectivity index (χ4n) is 4.81. The molecule has 0 radical (unpaired) electrons. The molecule has 5 rings (SSSR count). The number of anilines is 1. The van der Waals surface area contributed by atoms with Gasteiger partial charge in [0.1, 0.15) is 5.82 Å². The number of nitrogens with two attached hydrogens (primary N) is 1. The molecule has 1 saturated carbocycles. The Balaban J connectivity index is 1.55. The predicted octanol–water partition coefficient (Wildman–Crippen LogP) is 4.32. The number of alkyl halides is 3. The molecule has 1 fully saturated rings. The van der Waals surface area contributed by atoms with Crippen molar-refractivity contribution in [3.63, 3.8) is 0 Å². The molecule has 2 amide bonds. The van der Waals surface area contributed by atoms with Crippen LogP contribution in [0.1, 0.15) is 47.8 Å². The lowest BCUT2D eigenvalue weighted by molar-refractivity contribution is -0.158. The van der Waals surface area contributed by atoms with Crippen molar-refractivity contribution in [2.45, 2.75) is 38.9 Å². The Kier molecular flexibility index (Phi) is 6.00. The number of halogens is 3. The summed E-state index contributed by atoms with van der Waals surface area (Å²) in [7, 11) is 3.25. The molecule has 0 spiro atoms. The lowest BCUT2D eigenvalue weighted by Crippen LogP contribution is -2.53. The number of hydrogen-bond donors (Lipinski definition) is 1. The monoisotopic (exact) mass is 525 g/mol. The summed E-state index contributed by atoms with van der Waals surface area (Å²) in [6.07, 6.45) is 0.0764. The van der Waals surface area contributed by atoms with Crippen LogP contribution in [0, 0.1) is 5.41 Å². The molecule has 0 aliphatic heterocycles. The number of carbonyl (C=O) groups excluding carboxylic acids is 2. The lowest BCUT2D eigenvalue weighted by atomic mass is 9.70. The van der Waals surface area contributed by atoms with E-state index in [-0.39, 0.29) is 23.7 Å². The number of benzene rings is 1. The Bertz CT molecular complexity index is 1560. The van der Waals surface area contributed by atoms with Gasteiger partial charge in [-0.2, -0.15) is 18.3 Å². The maximum absolute atomic E-state index is 13.9. The highest BCUT2D eigenvalue weighted by Gasteiger charge is 2.43. The van der Waals surface area contributed by atoms with Crippen molar-refractivity contribution in [2.24, 2.45) is 12.5 Å². The van der Waals surface area contributed by atoms with Gasteiger partial charge < -0.3 is 5.73 Å². The highest BCUT2D eigenvalue weighted by Crippen LogP contribution is 2.42. The summed E-state index contributed by atoms with van der Waals surface area (Å²) in [6.45, 7) is 1.65. The van der Waals surface area contributed by atoms with E-state index in [1.54, 1.807) is 36.1 Å². The summed E-state index contributed by atoms with van der Waals surface area (Å²) in [4.78, 5) is 35.6. The van der Waals surface area contributed by atoms with Crippen LogP contribution in [0.25, 0.3) is 21.8 Å². The summed E-state index contributed by atoms with van der Waals surface area (Å²) in [5.41, 5.74) is 6.31. The van der Waals surface area contributed by atoms with E-state index in [2.05, 4.69) is 15.1 Å². The molecule has 0 bridgehead atoms. The fraction of sp³-hybridized carbons (Fsp3) is 0.346. The zero-order valence-corrected chi connectivity index (χ0v) is 21.1. The summed E-state index contributed by atoms with van der Waals surface area (Å²) >= 11 is 0. The molecule has 1 aliphatic rings. The van der Waals surface area contributed by atoms with E-state index in [1.165, 1.54) is 23.1 Å². The average molecular weight is 526 g/mol. The molecule has 2 N–H and O–H groups in total. The minimum Gasteiger partial charge on any atom is -0.383 e. The third-order valence-electron chi connectivity index (χ3n) is 7.28. The van der Waals surface area contributed by atoms with Crippen LogP contribution < -0.4 is 5.73 Å². The minimum atomic E-state index is -4.54. The van der Waals surface area contributed by atoms with Gasteiger partial charge in [-0.25, -0.2) is 9.99 Å². The highest BCUT2D eigenvalue weighted by molar-refractivity contribution is 6.10. The summed E-state index contributed by atoms with van der Waals surface area (Å²) in [5.74, 6) is -0.443. The van der Waals surface area contributed by atoms with E-state index < -0.39 is 23.1 Å². The molecule has 12 heteroatoms. The van der Waals surface area contributed by atoms with E-state index in [4.69, 9.17) is 5.73 Å². The van der Waals surface area contributed by atoms with Gasteiger partial charge in [0, 0.05) is 36.7 Å². The zero-order chi connectivity index (χ0) is 27.4. The minimum absolute atomic E-state index is 0.200. The largest absolute Gasteiger partial charge is 0.417 e. The summed E-state index contributed by atoms with van der Waals surface area (Å²) in [5, 5.41) is 8.01. The zero-order valence-electron chi connectivity index (χ0n) is 21.1. The predicted molar refractivity (Wildman–Crippen MR) is 134 cm³/mol. The van der Waals surface area contributed by atoms with E-state index in [9.17, 15) is 22.8 Å². The molecule has 38 heavy (non-hydrogen) atoms. The number of pyridine rings is 2. The maximum Gasteiger partial charge on any atom is 0.417 e. The molecule has 0 unspecified atom stereocenters. The normalized spacial score (nSPS) is 14.9. The van der Waals surface area contributed by atoms with Gasteiger partial charge in [-0.15, -0.1) is 0 Å². The van der Waals surface area contributed by atoms with Crippen molar-refractivity contribution < 1.29 is 22.8 Å². The van der Waals surface area contributed by atoms with Crippen molar-refractivity contribution >= 4 is 39.4 Å². The molecule has 0 atom stereocenters. The summed E-state index contributed by atoms with van der Waals surface area (Å²) < 4.78 is 40.7. The van der Waals surface area contributed by atoms with Crippen LogP contribution in [0.5, 0.6) is 0 Å². The van der Waals surface area contributed by atoms with Gasteiger partial charge in [0.25, 0.3) is 5.91 Å². The molecule has 9 nitrogen and oxygen atoms in total. The maximum atomic E-state index is 13.9. The second kappa shape index (κ2) is 8.96. The number of hydrogen-bond acceptors (Lipinski definition) is 6. The Morgan fingerprint density at radius 3 is 2.47 bits per heavy atom. The SMILES string of the molecule is CN(C(=O)C1(C)CCC1)N(Cc1ccc(C(F)(F)F)cn1)C(=O)c1ccc2nc(N)c3cnn(C)c3c2c1. The van der Waals surface area contributed by atoms with Crippen molar-refractivity contribution in [1.82, 2.24) is 29.8 Å². The molecular formula is C26H26F3N7O2. The van der Waals surface area contributed by atoms with Gasteiger partial charge in [-0.05, 0) is 43.2 Å². The average Bonchev–Trinajstić information content (AvgIpc) is 3.26. The second-order valence-corrected chi connectivity index (χ2v) is 9.90. The number of hydrazine groups is 1. The Morgan fingerprint density at radius 2 is 1.87 bits per heavy atom. The topological polar surface area (TPSA) is 110 Å². The number of aromatic nitrogens is 4. The molecule has 4 aromatic rings. The fourth-order valence-corrected chi connectivity index (χ4v) is 4.81. The Hall–Kier alpha value is -4.22. The van der Waals surface area contributed by atoms with E-state index in [1.807, 2.05) is 6.92 Å². The van der Waals surface area contributed by atoms with Crippen molar-refractivity contribution in [3.8, 4) is 0 Å². The number of nitrogens with zero attached hydrogens (tertiary/aromatic N) is 6. The molecule has 0 saturated heterocycles. The summed E-state index contributed by atoms with van der Waals surface area (Å²) in [6, 6.07) is 7.01. The quantitative estimate of drug-likeness (QED) is 0.398. The molecule has 3 heterocycles. The Morgan fingerprint density at radius 1 is 1.13 bits per heavy atom. The standard InChI is InChI=1S/C26H26F3N7O2/c1-25(9-4-10-25)24(38)35(3)36(14-17-7-6-16(12-31-17)26(27,28)29)23(37)15-5-8-20-18(11-15)21-19(22(30)33-20)13-32-34(21)2/h5-8,11-13H,4,9-10,14H2,1-3H3,(H2,30,33). The number of carbonyl (C=O) groups is 2. The van der Waals surface area contributed by atoms with Crippen LogP contribution in [-0.4, -0.2) is 48.6 Å². The van der Waals surface area contributed by atoms with Crippen molar-refractivity contribution in [2.75, 3.05) is 12.8 Å². The second-order valence-electron chi connectivity index (χ2n) is 9.90. The smallest absolute Gasteiger partial charge is 0.383 e.